The molecule has 0 unspecified atom stereocenters. The number of anilines is 1. The molecule has 0 spiro atoms. The summed E-state index contributed by atoms with van der Waals surface area (Å²) in [5.41, 5.74) is 0.427. The summed E-state index contributed by atoms with van der Waals surface area (Å²) in [5.74, 6) is -0.376. The van der Waals surface area contributed by atoms with E-state index >= 15 is 0 Å². The Kier molecular flexibility index (Phi) is 5.64. The van der Waals surface area contributed by atoms with Gasteiger partial charge >= 0.3 is 18.2 Å². The van der Waals surface area contributed by atoms with Gasteiger partial charge in [0.05, 0.1) is 23.9 Å². The van der Waals surface area contributed by atoms with Gasteiger partial charge in [0.25, 0.3) is 0 Å². The van der Waals surface area contributed by atoms with Crippen molar-refractivity contribution in [3.05, 3.63) is 65.2 Å². The lowest BCUT2D eigenvalue weighted by molar-refractivity contribution is -0.138. The monoisotopic (exact) mass is 432 g/mol. The number of nitrogens with one attached hydrogen (secondary N) is 1. The summed E-state index contributed by atoms with van der Waals surface area (Å²) in [6.45, 7) is 0.975. The van der Waals surface area contributed by atoms with Crippen LogP contribution in [0.4, 0.5) is 23.7 Å². The van der Waals surface area contributed by atoms with Crippen LogP contribution >= 0.6 is 0 Å². The van der Waals surface area contributed by atoms with Crippen LogP contribution in [0.25, 0.3) is 0 Å². The van der Waals surface area contributed by atoms with E-state index in [0.29, 0.717) is 37.2 Å². The Morgan fingerprint density at radius 2 is 1.61 bits per heavy atom. The molecule has 0 bridgehead atoms. The maximum absolute atomic E-state index is 13.4. The second kappa shape index (κ2) is 8.24. The Bertz CT molecular complexity index is 978. The van der Waals surface area contributed by atoms with E-state index in [-0.39, 0.29) is 29.3 Å². The topological polar surface area (TPSA) is 58.6 Å². The lowest BCUT2D eigenvalue weighted by atomic mass is 9.91. The largest absolute Gasteiger partial charge is 0.465 e. The third-order valence-corrected chi connectivity index (χ3v) is 6.32. The van der Waals surface area contributed by atoms with Crippen molar-refractivity contribution < 1.29 is 27.5 Å². The highest BCUT2D eigenvalue weighted by Gasteiger charge is 2.45. The van der Waals surface area contributed by atoms with Crippen LogP contribution in [-0.4, -0.2) is 37.1 Å². The Balaban J connectivity index is 1.42. The molecule has 31 heavy (non-hydrogen) atoms. The van der Waals surface area contributed by atoms with Gasteiger partial charge in [0, 0.05) is 13.1 Å². The van der Waals surface area contributed by atoms with Gasteiger partial charge in [0.15, 0.2) is 0 Å². The molecular weight excluding hydrogens is 409 g/mol. The third-order valence-electron chi connectivity index (χ3n) is 6.32. The van der Waals surface area contributed by atoms with Crippen LogP contribution in [0.5, 0.6) is 0 Å². The summed E-state index contributed by atoms with van der Waals surface area (Å²) in [5, 5.41) is 2.77. The Morgan fingerprint density at radius 1 is 1.00 bits per heavy atom. The number of methoxy groups -OCH3 is 1. The molecule has 1 saturated carbocycles. The number of para-hydroxylation sites is 1. The van der Waals surface area contributed by atoms with Crippen LogP contribution < -0.4 is 5.32 Å². The van der Waals surface area contributed by atoms with Crippen molar-refractivity contribution in [1.29, 1.82) is 0 Å². The predicted octanol–water partition coefficient (Wildman–Crippen LogP) is 5.15. The van der Waals surface area contributed by atoms with Crippen LogP contribution in [0, 0.1) is 11.8 Å². The second-order valence-corrected chi connectivity index (χ2v) is 8.15. The van der Waals surface area contributed by atoms with Gasteiger partial charge < -0.3 is 15.0 Å². The van der Waals surface area contributed by atoms with Gasteiger partial charge in [-0.2, -0.15) is 13.2 Å². The number of ether oxygens (including phenoxy) is 1. The SMILES string of the molecule is COC(=O)c1ccccc1NC(=O)N1C[C@H]2C[C@H](c3ccccc3C(F)(F)F)C[C@H]2C1. The number of rotatable bonds is 3. The van der Waals surface area contributed by atoms with E-state index < -0.39 is 17.7 Å². The zero-order valence-electron chi connectivity index (χ0n) is 17.0. The van der Waals surface area contributed by atoms with Gasteiger partial charge in [0.1, 0.15) is 0 Å². The summed E-state index contributed by atoms with van der Waals surface area (Å²) >= 11 is 0. The fourth-order valence-corrected chi connectivity index (χ4v) is 4.91. The average Bonchev–Trinajstić information content (AvgIpc) is 3.32. The molecule has 1 aliphatic carbocycles. The highest BCUT2D eigenvalue weighted by atomic mass is 19.4. The number of amides is 2. The smallest absolute Gasteiger partial charge is 0.416 e. The van der Waals surface area contributed by atoms with Crippen molar-refractivity contribution in [2.24, 2.45) is 11.8 Å². The molecule has 2 aromatic rings. The Labute approximate surface area is 178 Å². The molecule has 0 aromatic heterocycles. The highest BCUT2D eigenvalue weighted by molar-refractivity contribution is 6.00. The molecule has 3 atom stereocenters. The Hall–Kier alpha value is -3.03. The van der Waals surface area contributed by atoms with E-state index in [4.69, 9.17) is 4.74 Å². The van der Waals surface area contributed by atoms with Crippen LogP contribution in [0.1, 0.15) is 40.2 Å². The lowest BCUT2D eigenvalue weighted by Crippen LogP contribution is -2.34. The van der Waals surface area contributed by atoms with Crippen molar-refractivity contribution in [2.45, 2.75) is 24.9 Å². The normalized spacial score (nSPS) is 22.8. The molecule has 1 saturated heterocycles. The van der Waals surface area contributed by atoms with Crippen molar-refractivity contribution >= 4 is 17.7 Å². The molecule has 5 nitrogen and oxygen atoms in total. The van der Waals surface area contributed by atoms with Crippen LogP contribution in [-0.2, 0) is 10.9 Å². The molecule has 0 radical (unpaired) electrons. The van der Waals surface area contributed by atoms with Crippen molar-refractivity contribution in [3.8, 4) is 0 Å². The van der Waals surface area contributed by atoms with Gasteiger partial charge in [-0.1, -0.05) is 30.3 Å². The number of benzene rings is 2. The first-order valence-electron chi connectivity index (χ1n) is 10.2. The molecule has 4 rings (SSSR count). The van der Waals surface area contributed by atoms with E-state index in [1.165, 1.54) is 13.2 Å². The van der Waals surface area contributed by atoms with Crippen LogP contribution in [0.3, 0.4) is 0 Å². The average molecular weight is 432 g/mol. The molecule has 2 amide bonds. The number of fused-ring (bicyclic) bond motifs is 1. The molecular formula is C23H23F3N2O3. The molecule has 2 fully saturated rings. The minimum atomic E-state index is -4.37. The summed E-state index contributed by atoms with van der Waals surface area (Å²) < 4.78 is 44.9. The zero-order valence-corrected chi connectivity index (χ0v) is 17.0. The maximum Gasteiger partial charge on any atom is 0.416 e. The number of esters is 1. The Morgan fingerprint density at radius 3 is 2.26 bits per heavy atom. The van der Waals surface area contributed by atoms with E-state index in [9.17, 15) is 22.8 Å². The number of urea groups is 1. The standard InChI is InChI=1S/C23H23F3N2O3/c1-31-21(29)18-7-3-5-9-20(18)27-22(30)28-12-15-10-14(11-16(15)13-28)17-6-2-4-8-19(17)23(24,25)26/h2-9,14-16H,10-13H2,1H3,(H,27,30)/t14-,15+,16-. The number of likely N-dealkylation sites (tertiary alicyclic amines) is 1. The fraction of sp³-hybridized carbons (Fsp3) is 0.391. The number of alkyl halides is 3. The first kappa shape index (κ1) is 21.2. The van der Waals surface area contributed by atoms with Gasteiger partial charge in [0.2, 0.25) is 0 Å². The van der Waals surface area contributed by atoms with Crippen LogP contribution in [0.2, 0.25) is 0 Å². The van der Waals surface area contributed by atoms with Crippen molar-refractivity contribution in [2.75, 3.05) is 25.5 Å². The minimum Gasteiger partial charge on any atom is -0.465 e. The van der Waals surface area contributed by atoms with Crippen molar-refractivity contribution in [3.63, 3.8) is 0 Å². The molecule has 2 aromatic carbocycles. The number of carbonyl (C=O) groups is 2. The van der Waals surface area contributed by atoms with E-state index in [1.54, 1.807) is 41.3 Å². The first-order chi connectivity index (χ1) is 14.8. The predicted molar refractivity (Wildman–Crippen MR) is 109 cm³/mol. The fourth-order valence-electron chi connectivity index (χ4n) is 4.91. The maximum atomic E-state index is 13.4. The van der Waals surface area contributed by atoms with Gasteiger partial charge in [-0.15, -0.1) is 0 Å². The van der Waals surface area contributed by atoms with E-state index in [2.05, 4.69) is 5.32 Å². The highest BCUT2D eigenvalue weighted by Crippen LogP contribution is 2.48. The number of hydrogen-bond acceptors (Lipinski definition) is 3. The molecule has 8 heteroatoms. The van der Waals surface area contributed by atoms with Crippen LogP contribution in [0.15, 0.2) is 48.5 Å². The number of hydrogen-bond donors (Lipinski definition) is 1. The van der Waals surface area contributed by atoms with Gasteiger partial charge in [-0.05, 0) is 54.4 Å². The minimum absolute atomic E-state index is 0.155. The number of halogens is 3. The van der Waals surface area contributed by atoms with E-state index in [0.717, 1.165) is 6.07 Å². The molecule has 1 N–H and O–H groups in total. The summed E-state index contributed by atoms with van der Waals surface area (Å²) in [6.07, 6.45) is -3.12. The second-order valence-electron chi connectivity index (χ2n) is 8.15. The van der Waals surface area contributed by atoms with E-state index in [1.807, 2.05) is 0 Å². The molecule has 2 aliphatic rings. The molecule has 1 heterocycles. The summed E-state index contributed by atoms with van der Waals surface area (Å²) in [6, 6.07) is 12.1. The number of carbonyl (C=O) groups excluding carboxylic acids is 2. The number of nitrogens with zero attached hydrogens (tertiary/aromatic N) is 1. The zero-order chi connectivity index (χ0) is 22.2. The summed E-state index contributed by atoms with van der Waals surface area (Å²) in [4.78, 5) is 26.3. The summed E-state index contributed by atoms with van der Waals surface area (Å²) in [7, 11) is 1.27. The molecule has 1 aliphatic heterocycles. The quantitative estimate of drug-likeness (QED) is 0.683. The van der Waals surface area contributed by atoms with Gasteiger partial charge in [-0.25, -0.2) is 9.59 Å². The lowest BCUT2D eigenvalue weighted by Gasteiger charge is -2.22. The third kappa shape index (κ3) is 4.24. The van der Waals surface area contributed by atoms with Gasteiger partial charge in [-0.3, -0.25) is 0 Å². The van der Waals surface area contributed by atoms with Crippen molar-refractivity contribution in [1.82, 2.24) is 4.90 Å². The molecule has 164 valence electrons. The first-order valence-corrected chi connectivity index (χ1v) is 10.2.